The Labute approximate surface area is 183 Å². The molecule has 0 bridgehead atoms. The van der Waals surface area contributed by atoms with Crippen LogP contribution in [-0.4, -0.2) is 35.7 Å². The molecule has 0 saturated carbocycles. The molecule has 1 aromatic heterocycles. The number of aryl methyl sites for hydroxylation is 3. The number of rotatable bonds is 14. The van der Waals surface area contributed by atoms with Gasteiger partial charge in [0, 0.05) is 35.4 Å². The lowest BCUT2D eigenvalue weighted by Gasteiger charge is -2.08. The van der Waals surface area contributed by atoms with E-state index in [0.29, 0.717) is 0 Å². The Balaban J connectivity index is 1.64. The highest BCUT2D eigenvalue weighted by Crippen LogP contribution is 2.25. The molecule has 160 valence electrons. The van der Waals surface area contributed by atoms with E-state index in [1.165, 1.54) is 19.3 Å². The Hall–Kier alpha value is -1.51. The number of benzene rings is 1. The summed E-state index contributed by atoms with van der Waals surface area (Å²) in [6, 6.07) is 6.23. The molecule has 2 N–H and O–H groups in total. The number of hydrogen-bond acceptors (Lipinski definition) is 6. The quantitative estimate of drug-likeness (QED) is 0.187. The standard InChI is InChI=1S/C21H34N6S2/c1-5-6-7-10-22-11-15-28-29-16-12-23-19-8-9-20(18(2)17-19)24-25-21-26(3)13-14-27(21)4/h8-9,13-14,17,22H,5-7,10-12,15-16H2,1-4H3/p+1. The molecule has 6 nitrogen and oxygen atoms in total. The first-order valence-corrected chi connectivity index (χ1v) is 12.8. The van der Waals surface area contributed by atoms with E-state index in [4.69, 9.17) is 0 Å². The molecular weight excluding hydrogens is 400 g/mol. The van der Waals surface area contributed by atoms with Crippen molar-refractivity contribution in [2.75, 3.05) is 36.5 Å². The molecule has 0 aliphatic carbocycles. The zero-order valence-electron chi connectivity index (χ0n) is 18.1. The topological polar surface area (TPSA) is 57.6 Å². The molecule has 0 radical (unpaired) electrons. The summed E-state index contributed by atoms with van der Waals surface area (Å²) in [4.78, 5) is 0. The lowest BCUT2D eigenvalue weighted by atomic mass is 10.2. The first kappa shape index (κ1) is 23.8. The summed E-state index contributed by atoms with van der Waals surface area (Å²) in [5.41, 5.74) is 3.15. The number of unbranched alkanes of at least 4 members (excludes halogenated alkanes) is 2. The number of nitrogens with zero attached hydrogens (tertiary/aromatic N) is 4. The summed E-state index contributed by atoms with van der Waals surface area (Å²) in [5, 5.41) is 15.8. The second kappa shape index (κ2) is 13.7. The molecule has 2 rings (SSSR count). The molecule has 29 heavy (non-hydrogen) atoms. The van der Waals surface area contributed by atoms with E-state index < -0.39 is 0 Å². The second-order valence-corrected chi connectivity index (χ2v) is 9.75. The molecule has 0 saturated heterocycles. The fourth-order valence-corrected chi connectivity index (χ4v) is 4.65. The Morgan fingerprint density at radius 2 is 1.86 bits per heavy atom. The lowest BCUT2D eigenvalue weighted by Crippen LogP contribution is -2.25. The van der Waals surface area contributed by atoms with Crippen molar-refractivity contribution in [1.29, 1.82) is 0 Å². The molecule has 0 spiro atoms. The maximum atomic E-state index is 4.41. The highest BCUT2D eigenvalue weighted by molar-refractivity contribution is 8.76. The fraction of sp³-hybridized carbons (Fsp3) is 0.571. The molecular formula is C21H35N6S2+. The highest BCUT2D eigenvalue weighted by Gasteiger charge is 2.10. The normalized spacial score (nSPS) is 11.4. The predicted octanol–water partition coefficient (Wildman–Crippen LogP) is 5.15. The van der Waals surface area contributed by atoms with Gasteiger partial charge in [-0.1, -0.05) is 46.5 Å². The number of azo groups is 1. The Bertz CT molecular complexity index is 740. The summed E-state index contributed by atoms with van der Waals surface area (Å²) in [6.45, 7) is 7.53. The average molecular weight is 436 g/mol. The summed E-state index contributed by atoms with van der Waals surface area (Å²) in [6.07, 6.45) is 7.85. The average Bonchev–Trinajstić information content (AvgIpc) is 3.03. The van der Waals surface area contributed by atoms with Gasteiger partial charge < -0.3 is 10.6 Å². The number of nitrogens with one attached hydrogen (secondary N) is 2. The summed E-state index contributed by atoms with van der Waals surface area (Å²) in [7, 11) is 7.82. The van der Waals surface area contributed by atoms with Crippen LogP contribution in [0, 0.1) is 6.92 Å². The summed E-state index contributed by atoms with van der Waals surface area (Å²) in [5.74, 6) is 3.07. The van der Waals surface area contributed by atoms with Crippen molar-refractivity contribution in [2.45, 2.75) is 33.1 Å². The van der Waals surface area contributed by atoms with Crippen LogP contribution in [0.15, 0.2) is 40.8 Å². The van der Waals surface area contributed by atoms with Gasteiger partial charge in [-0.25, -0.2) is 9.13 Å². The van der Waals surface area contributed by atoms with Gasteiger partial charge in [-0.15, -0.1) is 0 Å². The van der Waals surface area contributed by atoms with Crippen LogP contribution in [0.3, 0.4) is 0 Å². The molecule has 0 amide bonds. The van der Waals surface area contributed by atoms with Gasteiger partial charge in [0.15, 0.2) is 0 Å². The molecule has 8 heteroatoms. The van der Waals surface area contributed by atoms with Crippen molar-refractivity contribution in [3.8, 4) is 0 Å². The summed E-state index contributed by atoms with van der Waals surface area (Å²) >= 11 is 0. The van der Waals surface area contributed by atoms with Gasteiger partial charge in [0.1, 0.15) is 5.69 Å². The Morgan fingerprint density at radius 1 is 1.07 bits per heavy atom. The van der Waals surface area contributed by atoms with E-state index in [9.17, 15) is 0 Å². The van der Waals surface area contributed by atoms with Crippen LogP contribution in [0.2, 0.25) is 0 Å². The third kappa shape index (κ3) is 8.80. The molecule has 2 aromatic rings. The molecule has 0 unspecified atom stereocenters. The van der Waals surface area contributed by atoms with E-state index in [1.807, 2.05) is 63.3 Å². The maximum Gasteiger partial charge on any atom is 0.421 e. The van der Waals surface area contributed by atoms with Crippen LogP contribution in [-0.2, 0) is 14.1 Å². The minimum atomic E-state index is 0.817. The monoisotopic (exact) mass is 435 g/mol. The van der Waals surface area contributed by atoms with Crippen molar-refractivity contribution in [3.05, 3.63) is 36.2 Å². The second-order valence-electron chi connectivity index (χ2n) is 7.05. The fourth-order valence-electron chi connectivity index (χ4n) is 2.79. The SMILES string of the molecule is CCCCCNCCSSCCNc1ccc(N=Nc2n(C)cc[n+]2C)c(C)c1. The van der Waals surface area contributed by atoms with Crippen LogP contribution in [0.25, 0.3) is 0 Å². The predicted molar refractivity (Wildman–Crippen MR) is 128 cm³/mol. The largest absolute Gasteiger partial charge is 0.421 e. The first-order valence-electron chi connectivity index (χ1n) is 10.3. The van der Waals surface area contributed by atoms with Gasteiger partial charge in [0.25, 0.3) is 0 Å². The Morgan fingerprint density at radius 3 is 2.55 bits per heavy atom. The van der Waals surface area contributed by atoms with Crippen molar-refractivity contribution in [1.82, 2.24) is 9.88 Å². The first-order chi connectivity index (χ1) is 14.1. The van der Waals surface area contributed by atoms with Crippen molar-refractivity contribution >= 4 is 38.9 Å². The zero-order valence-corrected chi connectivity index (χ0v) is 19.8. The number of hydrogen-bond donors (Lipinski definition) is 2. The van der Waals surface area contributed by atoms with Crippen LogP contribution in [0.1, 0.15) is 31.7 Å². The van der Waals surface area contributed by atoms with Gasteiger partial charge in [-0.2, -0.15) is 0 Å². The lowest BCUT2D eigenvalue weighted by molar-refractivity contribution is -0.657. The van der Waals surface area contributed by atoms with Gasteiger partial charge in [-0.05, 0) is 43.7 Å². The molecule has 0 fully saturated rings. The third-order valence-electron chi connectivity index (χ3n) is 4.51. The van der Waals surface area contributed by atoms with E-state index in [2.05, 4.69) is 46.8 Å². The van der Waals surface area contributed by atoms with Crippen LogP contribution in [0.4, 0.5) is 17.3 Å². The summed E-state index contributed by atoms with van der Waals surface area (Å²) < 4.78 is 3.90. The van der Waals surface area contributed by atoms with Gasteiger partial charge in [-0.3, -0.25) is 0 Å². The van der Waals surface area contributed by atoms with Crippen LogP contribution in [0.5, 0.6) is 0 Å². The Kier molecular flexibility index (Phi) is 11.2. The minimum Gasteiger partial charge on any atom is -0.384 e. The van der Waals surface area contributed by atoms with E-state index in [-0.39, 0.29) is 0 Å². The number of imidazole rings is 1. The highest BCUT2D eigenvalue weighted by atomic mass is 33.1. The van der Waals surface area contributed by atoms with E-state index >= 15 is 0 Å². The van der Waals surface area contributed by atoms with E-state index in [0.717, 1.165) is 54.0 Å². The van der Waals surface area contributed by atoms with Crippen molar-refractivity contribution in [3.63, 3.8) is 0 Å². The molecule has 1 aromatic carbocycles. The zero-order chi connectivity index (χ0) is 20.9. The number of anilines is 1. The third-order valence-corrected chi connectivity index (χ3v) is 6.91. The van der Waals surface area contributed by atoms with Gasteiger partial charge >= 0.3 is 5.95 Å². The van der Waals surface area contributed by atoms with Crippen molar-refractivity contribution in [2.24, 2.45) is 24.3 Å². The van der Waals surface area contributed by atoms with Crippen LogP contribution >= 0.6 is 21.6 Å². The van der Waals surface area contributed by atoms with Crippen molar-refractivity contribution < 1.29 is 4.57 Å². The molecule has 0 aliphatic rings. The molecule has 0 atom stereocenters. The minimum absolute atomic E-state index is 0.817. The smallest absolute Gasteiger partial charge is 0.384 e. The van der Waals surface area contributed by atoms with E-state index in [1.54, 1.807) is 0 Å². The molecule has 0 aliphatic heterocycles. The maximum absolute atomic E-state index is 4.41. The van der Waals surface area contributed by atoms with Gasteiger partial charge in [0.05, 0.1) is 26.5 Å². The van der Waals surface area contributed by atoms with Crippen LogP contribution < -0.4 is 15.2 Å². The van der Waals surface area contributed by atoms with Gasteiger partial charge in [0.2, 0.25) is 0 Å². The number of aromatic nitrogens is 2. The molecule has 1 heterocycles.